The summed E-state index contributed by atoms with van der Waals surface area (Å²) in [7, 11) is 0. The van der Waals surface area contributed by atoms with E-state index in [1.54, 1.807) is 11.8 Å². The Morgan fingerprint density at radius 2 is 1.74 bits per heavy atom. The highest BCUT2D eigenvalue weighted by atomic mass is 32.2. The number of hydrogen-bond acceptors (Lipinski definition) is 5. The largest absolute Gasteiger partial charge is 0.337 e. The van der Waals surface area contributed by atoms with Crippen LogP contribution in [0.1, 0.15) is 63.3 Å². The second-order valence-corrected chi connectivity index (χ2v) is 11.5. The van der Waals surface area contributed by atoms with E-state index >= 15 is 0 Å². The van der Waals surface area contributed by atoms with Crippen LogP contribution in [0, 0.1) is 17.3 Å². The average Bonchev–Trinajstić information content (AvgIpc) is 3.46. The van der Waals surface area contributed by atoms with Gasteiger partial charge in [0.15, 0.2) is 5.78 Å². The van der Waals surface area contributed by atoms with Gasteiger partial charge in [0.2, 0.25) is 0 Å². The Morgan fingerprint density at radius 1 is 1.03 bits per heavy atom. The zero-order chi connectivity index (χ0) is 23.7. The lowest BCUT2D eigenvalue weighted by atomic mass is 9.78. The van der Waals surface area contributed by atoms with Crippen LogP contribution in [-0.2, 0) is 11.2 Å². The molecule has 0 radical (unpaired) electrons. The number of nitrogens with zero attached hydrogens (tertiary/aromatic N) is 2. The molecule has 0 atom stereocenters. The molecule has 176 valence electrons. The van der Waals surface area contributed by atoms with E-state index in [0.29, 0.717) is 19.5 Å². The molecule has 2 fully saturated rings. The highest BCUT2D eigenvalue weighted by molar-refractivity contribution is 8.00. The maximum Gasteiger partial charge on any atom is 0.298 e. The number of hydrogen-bond donors (Lipinski definition) is 0. The molecule has 5 rings (SSSR count). The van der Waals surface area contributed by atoms with E-state index in [2.05, 4.69) is 11.8 Å². The Balaban J connectivity index is 1.23. The number of fused-ring (bicyclic) bond motifs is 1. The summed E-state index contributed by atoms with van der Waals surface area (Å²) in [5, 5.41) is 0. The second-order valence-electron chi connectivity index (χ2n) is 9.44. The molecule has 1 aliphatic carbocycles. The first-order valence-electron chi connectivity index (χ1n) is 11.9. The van der Waals surface area contributed by atoms with Gasteiger partial charge >= 0.3 is 0 Å². The van der Waals surface area contributed by atoms with E-state index in [0.717, 1.165) is 71.0 Å². The van der Waals surface area contributed by atoms with Crippen LogP contribution >= 0.6 is 23.1 Å². The van der Waals surface area contributed by atoms with E-state index in [9.17, 15) is 14.4 Å². The summed E-state index contributed by atoms with van der Waals surface area (Å²) in [6, 6.07) is 9.56. The highest BCUT2D eigenvalue weighted by Gasteiger charge is 2.43. The van der Waals surface area contributed by atoms with Crippen LogP contribution in [-0.4, -0.2) is 59.8 Å². The molecule has 3 aliphatic rings. The average molecular weight is 493 g/mol. The third-order valence-electron chi connectivity index (χ3n) is 7.39. The minimum absolute atomic E-state index is 0.0782. The number of amides is 2. The zero-order valence-electron chi connectivity index (χ0n) is 19.4. The molecule has 2 aromatic rings. The van der Waals surface area contributed by atoms with Gasteiger partial charge in [-0.05, 0) is 61.5 Å². The monoisotopic (exact) mass is 492 g/mol. The van der Waals surface area contributed by atoms with Crippen molar-refractivity contribution in [2.24, 2.45) is 5.41 Å². The molecular formula is C27H28N2O3S2. The van der Waals surface area contributed by atoms with Crippen molar-refractivity contribution in [1.29, 1.82) is 0 Å². The molecule has 1 aromatic heterocycles. The number of thioether (sulfide) groups is 1. The second kappa shape index (κ2) is 9.59. The third kappa shape index (κ3) is 4.42. The third-order valence-corrected chi connectivity index (χ3v) is 9.73. The Hall–Kier alpha value is -2.56. The number of carbonyl (C=O) groups excluding carboxylic acids is 3. The van der Waals surface area contributed by atoms with E-state index < -0.39 is 0 Å². The first kappa shape index (κ1) is 23.2. The summed E-state index contributed by atoms with van der Waals surface area (Å²) in [5.41, 5.74) is 2.71. The smallest absolute Gasteiger partial charge is 0.298 e. The van der Waals surface area contributed by atoms with Crippen LogP contribution in [0.3, 0.4) is 0 Å². The van der Waals surface area contributed by atoms with Gasteiger partial charge in [-0.2, -0.15) is 0 Å². The van der Waals surface area contributed by atoms with Crippen molar-refractivity contribution in [2.75, 3.05) is 32.4 Å². The van der Waals surface area contributed by atoms with E-state index in [1.807, 2.05) is 46.4 Å². The van der Waals surface area contributed by atoms with Crippen molar-refractivity contribution in [1.82, 2.24) is 9.80 Å². The number of likely N-dealkylation sites (tertiary alicyclic amines) is 2. The van der Waals surface area contributed by atoms with Crippen molar-refractivity contribution in [3.05, 3.63) is 51.9 Å². The van der Waals surface area contributed by atoms with Crippen LogP contribution in [0.25, 0.3) is 0 Å². The van der Waals surface area contributed by atoms with Crippen LogP contribution in [0.15, 0.2) is 34.5 Å². The van der Waals surface area contributed by atoms with Crippen LogP contribution in [0.4, 0.5) is 0 Å². The van der Waals surface area contributed by atoms with Gasteiger partial charge in [-0.25, -0.2) is 0 Å². The number of rotatable bonds is 2. The fourth-order valence-electron chi connectivity index (χ4n) is 5.40. The summed E-state index contributed by atoms with van der Waals surface area (Å²) in [5.74, 6) is 5.89. The lowest BCUT2D eigenvalue weighted by Gasteiger charge is -2.38. The SMILES string of the molecule is CSc1sc(C(=O)N2CCC3(CCN(C(=O)C#Cc4ccccc4)CC3)C2)c2c1C(=O)CCC2. The topological polar surface area (TPSA) is 57.7 Å². The molecule has 0 saturated carbocycles. The summed E-state index contributed by atoms with van der Waals surface area (Å²) < 4.78 is 0.986. The van der Waals surface area contributed by atoms with Gasteiger partial charge in [0.05, 0.1) is 9.09 Å². The lowest BCUT2D eigenvalue weighted by molar-refractivity contribution is -0.127. The Labute approximate surface area is 208 Å². The van der Waals surface area contributed by atoms with Crippen LogP contribution in [0.5, 0.6) is 0 Å². The quantitative estimate of drug-likeness (QED) is 0.458. The lowest BCUT2D eigenvalue weighted by Crippen LogP contribution is -2.44. The molecule has 3 heterocycles. The molecule has 0 bridgehead atoms. The van der Waals surface area contributed by atoms with E-state index in [1.165, 1.54) is 11.3 Å². The van der Waals surface area contributed by atoms with E-state index in [-0.39, 0.29) is 23.0 Å². The van der Waals surface area contributed by atoms with Gasteiger partial charge < -0.3 is 9.80 Å². The minimum Gasteiger partial charge on any atom is -0.337 e. The highest BCUT2D eigenvalue weighted by Crippen LogP contribution is 2.43. The van der Waals surface area contributed by atoms with Gasteiger partial charge in [-0.15, -0.1) is 23.1 Å². The molecule has 1 spiro atoms. The zero-order valence-corrected chi connectivity index (χ0v) is 21.0. The van der Waals surface area contributed by atoms with Gasteiger partial charge in [0.1, 0.15) is 0 Å². The molecule has 2 amide bonds. The fourth-order valence-corrected chi connectivity index (χ4v) is 7.49. The number of carbonyl (C=O) groups is 3. The maximum absolute atomic E-state index is 13.5. The first-order valence-corrected chi connectivity index (χ1v) is 13.9. The van der Waals surface area contributed by atoms with Crippen molar-refractivity contribution in [3.8, 4) is 11.8 Å². The number of ketones is 1. The molecule has 1 aromatic carbocycles. The van der Waals surface area contributed by atoms with Crippen molar-refractivity contribution < 1.29 is 14.4 Å². The van der Waals surface area contributed by atoms with Crippen LogP contribution in [0.2, 0.25) is 0 Å². The standard InChI is InChI=1S/C27H28N2O3S2/c1-33-26-23-20(8-5-9-21(23)30)24(34-26)25(32)29-17-14-27(18-29)12-15-28(16-13-27)22(31)11-10-19-6-3-2-4-7-19/h2-4,6-7H,5,8-9,12-18H2,1H3. The van der Waals surface area contributed by atoms with Gasteiger partial charge in [0, 0.05) is 49.6 Å². The number of benzene rings is 1. The first-order chi connectivity index (χ1) is 16.5. The Morgan fingerprint density at radius 3 is 2.44 bits per heavy atom. The Kier molecular flexibility index (Phi) is 6.54. The maximum atomic E-state index is 13.5. The number of piperidine rings is 1. The van der Waals surface area contributed by atoms with Crippen molar-refractivity contribution in [2.45, 2.75) is 42.7 Å². The molecule has 34 heavy (non-hydrogen) atoms. The molecule has 5 nitrogen and oxygen atoms in total. The summed E-state index contributed by atoms with van der Waals surface area (Å²) in [6.07, 6.45) is 6.98. The summed E-state index contributed by atoms with van der Waals surface area (Å²) >= 11 is 3.07. The fraction of sp³-hybridized carbons (Fsp3) is 0.444. The molecular weight excluding hydrogens is 464 g/mol. The van der Waals surface area contributed by atoms with Crippen LogP contribution < -0.4 is 0 Å². The summed E-state index contributed by atoms with van der Waals surface area (Å²) in [6.45, 7) is 2.85. The van der Waals surface area contributed by atoms with Gasteiger partial charge in [-0.1, -0.05) is 24.1 Å². The van der Waals surface area contributed by atoms with Gasteiger partial charge in [-0.3, -0.25) is 14.4 Å². The van der Waals surface area contributed by atoms with Gasteiger partial charge in [0.25, 0.3) is 11.8 Å². The number of thiophene rings is 1. The van der Waals surface area contributed by atoms with E-state index in [4.69, 9.17) is 0 Å². The molecule has 2 saturated heterocycles. The minimum atomic E-state index is -0.121. The molecule has 7 heteroatoms. The van der Waals surface area contributed by atoms with Crippen molar-refractivity contribution >= 4 is 40.7 Å². The predicted molar refractivity (Wildman–Crippen MR) is 135 cm³/mol. The molecule has 0 N–H and O–H groups in total. The summed E-state index contributed by atoms with van der Waals surface area (Å²) in [4.78, 5) is 43.2. The Bertz CT molecular complexity index is 1180. The number of Topliss-reactive ketones (excluding diaryl/α,β-unsaturated/α-hetero) is 1. The predicted octanol–water partition coefficient (Wildman–Crippen LogP) is 4.50. The normalized spacial score (nSPS) is 19.0. The molecule has 0 unspecified atom stereocenters. The van der Waals surface area contributed by atoms with Crippen molar-refractivity contribution in [3.63, 3.8) is 0 Å². The molecule has 2 aliphatic heterocycles.